The Labute approximate surface area is 173 Å². The van der Waals surface area contributed by atoms with Gasteiger partial charge in [-0.1, -0.05) is 36.4 Å². The highest BCUT2D eigenvalue weighted by atomic mass is 32.1. The Kier molecular flexibility index (Phi) is 5.35. The first-order valence-electron chi connectivity index (χ1n) is 9.19. The Hall–Kier alpha value is -3.51. The van der Waals surface area contributed by atoms with E-state index in [1.165, 1.54) is 0 Å². The van der Waals surface area contributed by atoms with Crippen molar-refractivity contribution in [1.82, 2.24) is 10.3 Å². The number of fused-ring (bicyclic) bond motifs is 1. The van der Waals surface area contributed by atoms with Gasteiger partial charge in [0.25, 0.3) is 0 Å². The van der Waals surface area contributed by atoms with Crippen molar-refractivity contribution in [3.05, 3.63) is 83.9 Å². The SMILES string of the molecule is Cc1ccc2oc(-c3ccc(NC(=S)NC(=O)Cc4ccccc4)cc3)nc2c1. The van der Waals surface area contributed by atoms with E-state index in [0.29, 0.717) is 5.89 Å². The zero-order chi connectivity index (χ0) is 20.2. The van der Waals surface area contributed by atoms with Crippen LogP contribution < -0.4 is 10.6 Å². The molecule has 1 aromatic heterocycles. The van der Waals surface area contributed by atoms with Gasteiger partial charge in [0.15, 0.2) is 10.7 Å². The number of amides is 1. The molecule has 144 valence electrons. The lowest BCUT2D eigenvalue weighted by molar-refractivity contribution is -0.119. The summed E-state index contributed by atoms with van der Waals surface area (Å²) in [6.45, 7) is 2.02. The van der Waals surface area contributed by atoms with Crippen molar-refractivity contribution in [2.24, 2.45) is 0 Å². The lowest BCUT2D eigenvalue weighted by Gasteiger charge is -2.10. The van der Waals surface area contributed by atoms with Crippen molar-refractivity contribution >= 4 is 40.0 Å². The maximum Gasteiger partial charge on any atom is 0.230 e. The molecule has 3 aromatic carbocycles. The number of nitrogens with zero attached hydrogens (tertiary/aromatic N) is 1. The van der Waals surface area contributed by atoms with Gasteiger partial charge in [0.1, 0.15) is 5.52 Å². The first-order valence-corrected chi connectivity index (χ1v) is 9.60. The standard InChI is InChI=1S/C23H19N3O2S/c1-15-7-12-20-19(13-15)25-22(28-20)17-8-10-18(11-9-17)24-23(29)26-21(27)14-16-5-3-2-4-6-16/h2-13H,14H2,1H3,(H2,24,26,27,29). The van der Waals surface area contributed by atoms with Crippen LogP contribution >= 0.6 is 12.2 Å². The lowest BCUT2D eigenvalue weighted by atomic mass is 10.1. The summed E-state index contributed by atoms with van der Waals surface area (Å²) in [7, 11) is 0. The summed E-state index contributed by atoms with van der Waals surface area (Å²) in [5.74, 6) is 0.406. The van der Waals surface area contributed by atoms with Crippen LogP contribution in [-0.4, -0.2) is 16.0 Å². The normalized spacial score (nSPS) is 10.7. The van der Waals surface area contributed by atoms with Gasteiger partial charge in [-0.15, -0.1) is 0 Å². The summed E-state index contributed by atoms with van der Waals surface area (Å²) in [4.78, 5) is 16.6. The second-order valence-corrected chi connectivity index (χ2v) is 7.14. The van der Waals surface area contributed by atoms with E-state index in [1.807, 2.05) is 79.7 Å². The number of aryl methyl sites for hydroxylation is 1. The van der Waals surface area contributed by atoms with E-state index in [2.05, 4.69) is 15.6 Å². The van der Waals surface area contributed by atoms with Crippen molar-refractivity contribution < 1.29 is 9.21 Å². The number of hydrogen-bond acceptors (Lipinski definition) is 4. The van der Waals surface area contributed by atoms with Crippen LogP contribution in [0.15, 0.2) is 77.2 Å². The van der Waals surface area contributed by atoms with Gasteiger partial charge in [-0.25, -0.2) is 4.98 Å². The quantitative estimate of drug-likeness (QED) is 0.478. The van der Waals surface area contributed by atoms with Gasteiger partial charge < -0.3 is 15.1 Å². The molecule has 0 spiro atoms. The maximum atomic E-state index is 12.1. The number of oxazole rings is 1. The zero-order valence-electron chi connectivity index (χ0n) is 15.8. The highest BCUT2D eigenvalue weighted by Gasteiger charge is 2.09. The minimum absolute atomic E-state index is 0.160. The van der Waals surface area contributed by atoms with Crippen molar-refractivity contribution in [3.63, 3.8) is 0 Å². The molecular weight excluding hydrogens is 382 g/mol. The topological polar surface area (TPSA) is 67.2 Å². The van der Waals surface area contributed by atoms with Crippen molar-refractivity contribution in [3.8, 4) is 11.5 Å². The van der Waals surface area contributed by atoms with E-state index in [1.54, 1.807) is 0 Å². The summed E-state index contributed by atoms with van der Waals surface area (Å²) in [5.41, 5.74) is 5.30. The fraction of sp³-hybridized carbons (Fsp3) is 0.0870. The minimum atomic E-state index is -0.160. The molecule has 0 saturated carbocycles. The van der Waals surface area contributed by atoms with Gasteiger partial charge in [0, 0.05) is 11.3 Å². The fourth-order valence-corrected chi connectivity index (χ4v) is 3.20. The average molecular weight is 401 g/mol. The van der Waals surface area contributed by atoms with Gasteiger partial charge in [-0.05, 0) is 66.7 Å². The first kappa shape index (κ1) is 18.8. The average Bonchev–Trinajstić information content (AvgIpc) is 3.12. The Balaban J connectivity index is 1.38. The third-order valence-corrected chi connectivity index (χ3v) is 4.60. The molecule has 0 bridgehead atoms. The second-order valence-electron chi connectivity index (χ2n) is 6.73. The number of thiocarbonyl (C=S) groups is 1. The van der Waals surface area contributed by atoms with Gasteiger partial charge in [0.2, 0.25) is 11.8 Å². The molecule has 0 radical (unpaired) electrons. The van der Waals surface area contributed by atoms with Crippen LogP contribution in [-0.2, 0) is 11.2 Å². The van der Waals surface area contributed by atoms with Crippen LogP contribution in [0.1, 0.15) is 11.1 Å². The van der Waals surface area contributed by atoms with Gasteiger partial charge in [0.05, 0.1) is 6.42 Å². The molecule has 0 fully saturated rings. The molecule has 0 aliphatic heterocycles. The van der Waals surface area contributed by atoms with Crippen LogP contribution in [0.4, 0.5) is 5.69 Å². The molecule has 0 aliphatic rings. The molecule has 6 heteroatoms. The van der Waals surface area contributed by atoms with E-state index >= 15 is 0 Å². The molecule has 2 N–H and O–H groups in total. The number of rotatable bonds is 4. The van der Waals surface area contributed by atoms with Crippen LogP contribution in [0, 0.1) is 6.92 Å². The van der Waals surface area contributed by atoms with Crippen LogP contribution in [0.5, 0.6) is 0 Å². The third kappa shape index (κ3) is 4.67. The van der Waals surface area contributed by atoms with Crippen LogP contribution in [0.25, 0.3) is 22.6 Å². The highest BCUT2D eigenvalue weighted by molar-refractivity contribution is 7.80. The minimum Gasteiger partial charge on any atom is -0.436 e. The van der Waals surface area contributed by atoms with Gasteiger partial charge >= 0.3 is 0 Å². The molecular formula is C23H19N3O2S. The molecule has 29 heavy (non-hydrogen) atoms. The predicted octanol–water partition coefficient (Wildman–Crippen LogP) is 4.86. The Morgan fingerprint density at radius 1 is 1.03 bits per heavy atom. The van der Waals surface area contributed by atoms with E-state index in [4.69, 9.17) is 16.6 Å². The molecule has 4 rings (SSSR count). The summed E-state index contributed by atoms with van der Waals surface area (Å²) in [6, 6.07) is 23.0. The van der Waals surface area contributed by atoms with Crippen molar-refractivity contribution in [2.45, 2.75) is 13.3 Å². The molecule has 5 nitrogen and oxygen atoms in total. The van der Waals surface area contributed by atoms with Gasteiger partial charge in [-0.3, -0.25) is 4.79 Å². The van der Waals surface area contributed by atoms with E-state index in [9.17, 15) is 4.79 Å². The summed E-state index contributed by atoms with van der Waals surface area (Å²) < 4.78 is 5.82. The molecule has 0 aliphatic carbocycles. The monoisotopic (exact) mass is 401 g/mol. The molecule has 1 amide bonds. The second kappa shape index (κ2) is 8.24. The smallest absolute Gasteiger partial charge is 0.230 e. The third-order valence-electron chi connectivity index (χ3n) is 4.39. The molecule has 0 atom stereocenters. The summed E-state index contributed by atoms with van der Waals surface area (Å²) in [5, 5.41) is 5.98. The molecule has 0 saturated heterocycles. The Morgan fingerprint density at radius 2 is 1.79 bits per heavy atom. The number of carbonyl (C=O) groups excluding carboxylic acids is 1. The molecule has 1 heterocycles. The predicted molar refractivity (Wildman–Crippen MR) is 119 cm³/mol. The number of anilines is 1. The fourth-order valence-electron chi connectivity index (χ4n) is 2.97. The Morgan fingerprint density at radius 3 is 2.55 bits per heavy atom. The van der Waals surface area contributed by atoms with Crippen LogP contribution in [0.2, 0.25) is 0 Å². The number of benzene rings is 3. The van der Waals surface area contributed by atoms with Crippen LogP contribution in [0.3, 0.4) is 0 Å². The number of hydrogen-bond donors (Lipinski definition) is 2. The van der Waals surface area contributed by atoms with Crippen molar-refractivity contribution in [1.29, 1.82) is 0 Å². The Bertz CT molecular complexity index is 1170. The van der Waals surface area contributed by atoms with E-state index in [0.717, 1.165) is 33.5 Å². The number of carbonyl (C=O) groups is 1. The summed E-state index contributed by atoms with van der Waals surface area (Å²) >= 11 is 5.24. The largest absolute Gasteiger partial charge is 0.436 e. The number of nitrogens with one attached hydrogen (secondary N) is 2. The lowest BCUT2D eigenvalue weighted by Crippen LogP contribution is -2.35. The zero-order valence-corrected chi connectivity index (χ0v) is 16.6. The molecule has 4 aromatic rings. The highest BCUT2D eigenvalue weighted by Crippen LogP contribution is 2.25. The maximum absolute atomic E-state index is 12.1. The summed E-state index contributed by atoms with van der Waals surface area (Å²) in [6.07, 6.45) is 0.277. The van der Waals surface area contributed by atoms with Crippen molar-refractivity contribution in [2.75, 3.05) is 5.32 Å². The molecule has 0 unspecified atom stereocenters. The number of aromatic nitrogens is 1. The van der Waals surface area contributed by atoms with E-state index in [-0.39, 0.29) is 17.4 Å². The van der Waals surface area contributed by atoms with E-state index < -0.39 is 0 Å². The van der Waals surface area contributed by atoms with Gasteiger partial charge in [-0.2, -0.15) is 0 Å². The first-order chi connectivity index (χ1) is 14.1.